The van der Waals surface area contributed by atoms with Crippen molar-refractivity contribution >= 4 is 23.4 Å². The number of likely N-dealkylation sites (tertiary alicyclic amines) is 1. The molecule has 2 aromatic rings. The number of halogens is 3. The summed E-state index contributed by atoms with van der Waals surface area (Å²) in [5.41, 5.74) is 0.694. The average Bonchev–Trinajstić information content (AvgIpc) is 2.99. The summed E-state index contributed by atoms with van der Waals surface area (Å²) in [6.07, 6.45) is 6.48. The lowest BCUT2D eigenvalue weighted by atomic mass is 9.79. The molecule has 2 aliphatic rings. The summed E-state index contributed by atoms with van der Waals surface area (Å²) in [6.45, 7) is 6.97. The van der Waals surface area contributed by atoms with Crippen molar-refractivity contribution in [2.45, 2.75) is 70.1 Å². The van der Waals surface area contributed by atoms with E-state index in [0.717, 1.165) is 70.4 Å². The fourth-order valence-electron chi connectivity index (χ4n) is 5.08. The van der Waals surface area contributed by atoms with Crippen LogP contribution in [0.4, 0.5) is 8.78 Å². The Morgan fingerprint density at radius 2 is 1.76 bits per heavy atom. The molecule has 1 aromatic heterocycles. The first-order valence-electron chi connectivity index (χ1n) is 10.4. The first-order valence-corrected chi connectivity index (χ1v) is 10.4. The fraction of sp³-hybridized carbons (Fsp3) is 0.667. The SMILES string of the molecule is CCO[C@H]1CC[C@](C)(N2CCC(n3c(=O)[nH]c4cc(F)c(F)cc43)CC2)CC1.Cl. The number of hydrogen-bond donors (Lipinski definition) is 1. The minimum Gasteiger partial charge on any atom is -0.379 e. The Kier molecular flexibility index (Phi) is 6.70. The summed E-state index contributed by atoms with van der Waals surface area (Å²) in [7, 11) is 0. The van der Waals surface area contributed by atoms with Gasteiger partial charge in [0, 0.05) is 43.4 Å². The van der Waals surface area contributed by atoms with Crippen LogP contribution in [0.25, 0.3) is 11.0 Å². The summed E-state index contributed by atoms with van der Waals surface area (Å²) in [4.78, 5) is 17.7. The highest BCUT2D eigenvalue weighted by Gasteiger charge is 2.38. The van der Waals surface area contributed by atoms with Crippen molar-refractivity contribution in [3.63, 3.8) is 0 Å². The molecule has 0 bridgehead atoms. The summed E-state index contributed by atoms with van der Waals surface area (Å²) in [5, 5.41) is 0. The molecule has 4 rings (SSSR count). The van der Waals surface area contributed by atoms with E-state index in [4.69, 9.17) is 4.74 Å². The minimum absolute atomic E-state index is 0. The Labute approximate surface area is 175 Å². The molecule has 0 amide bonds. The number of imidazole rings is 1. The molecule has 1 aromatic carbocycles. The quantitative estimate of drug-likeness (QED) is 0.783. The van der Waals surface area contributed by atoms with Crippen LogP contribution in [0.2, 0.25) is 0 Å². The molecule has 8 heteroatoms. The van der Waals surface area contributed by atoms with Crippen LogP contribution in [0.3, 0.4) is 0 Å². The number of ether oxygens (including phenoxy) is 1. The van der Waals surface area contributed by atoms with Crippen molar-refractivity contribution in [3.05, 3.63) is 34.3 Å². The smallest absolute Gasteiger partial charge is 0.326 e. The molecule has 1 aliphatic carbocycles. The van der Waals surface area contributed by atoms with Gasteiger partial charge in [-0.1, -0.05) is 0 Å². The average molecular weight is 430 g/mol. The number of rotatable bonds is 4. The third-order valence-electron chi connectivity index (χ3n) is 6.76. The van der Waals surface area contributed by atoms with Gasteiger partial charge in [0.1, 0.15) is 0 Å². The molecular weight excluding hydrogens is 400 g/mol. The summed E-state index contributed by atoms with van der Waals surface area (Å²) in [5.74, 6) is -1.86. The van der Waals surface area contributed by atoms with Gasteiger partial charge in [-0.3, -0.25) is 9.47 Å². The van der Waals surface area contributed by atoms with Gasteiger partial charge >= 0.3 is 5.69 Å². The van der Waals surface area contributed by atoms with Gasteiger partial charge in [-0.15, -0.1) is 12.4 Å². The van der Waals surface area contributed by atoms with Crippen LogP contribution in [0.15, 0.2) is 16.9 Å². The van der Waals surface area contributed by atoms with Gasteiger partial charge in [0.25, 0.3) is 0 Å². The van der Waals surface area contributed by atoms with E-state index in [9.17, 15) is 13.6 Å². The molecule has 1 aliphatic heterocycles. The lowest BCUT2D eigenvalue weighted by Crippen LogP contribution is -2.53. The number of H-pyrrole nitrogens is 1. The van der Waals surface area contributed by atoms with Crippen molar-refractivity contribution in [3.8, 4) is 0 Å². The zero-order valence-electron chi connectivity index (χ0n) is 17.0. The molecule has 0 radical (unpaired) electrons. The number of aromatic nitrogens is 2. The van der Waals surface area contributed by atoms with Crippen molar-refractivity contribution in [1.82, 2.24) is 14.5 Å². The molecule has 0 atom stereocenters. The van der Waals surface area contributed by atoms with Gasteiger partial charge < -0.3 is 9.72 Å². The van der Waals surface area contributed by atoms with Crippen LogP contribution in [-0.4, -0.2) is 45.8 Å². The highest BCUT2D eigenvalue weighted by Crippen LogP contribution is 2.38. The first kappa shape index (κ1) is 22.2. The fourth-order valence-corrected chi connectivity index (χ4v) is 5.08. The highest BCUT2D eigenvalue weighted by molar-refractivity contribution is 5.85. The second-order valence-corrected chi connectivity index (χ2v) is 8.45. The molecule has 5 nitrogen and oxygen atoms in total. The van der Waals surface area contributed by atoms with Gasteiger partial charge in [-0.25, -0.2) is 13.6 Å². The van der Waals surface area contributed by atoms with Crippen molar-refractivity contribution in [2.75, 3.05) is 19.7 Å². The highest BCUT2D eigenvalue weighted by atomic mass is 35.5. The number of aromatic amines is 1. The Morgan fingerprint density at radius 3 is 2.38 bits per heavy atom. The van der Waals surface area contributed by atoms with Crippen LogP contribution >= 0.6 is 12.4 Å². The van der Waals surface area contributed by atoms with Crippen LogP contribution in [0, 0.1) is 11.6 Å². The van der Waals surface area contributed by atoms with E-state index < -0.39 is 11.6 Å². The van der Waals surface area contributed by atoms with Crippen molar-refractivity contribution in [1.29, 1.82) is 0 Å². The van der Waals surface area contributed by atoms with Crippen LogP contribution in [0.5, 0.6) is 0 Å². The van der Waals surface area contributed by atoms with Gasteiger partial charge in [0.05, 0.1) is 17.1 Å². The van der Waals surface area contributed by atoms with Crippen LogP contribution in [-0.2, 0) is 4.74 Å². The Bertz CT molecular complexity index is 897. The third-order valence-corrected chi connectivity index (χ3v) is 6.76. The van der Waals surface area contributed by atoms with Crippen LogP contribution in [0.1, 0.15) is 58.4 Å². The number of benzene rings is 1. The normalized spacial score (nSPS) is 26.6. The summed E-state index contributed by atoms with van der Waals surface area (Å²) in [6, 6.07) is 2.20. The van der Waals surface area contributed by atoms with E-state index in [0.29, 0.717) is 17.1 Å². The Hall–Kier alpha value is -1.44. The standard InChI is InChI=1S/C21H29F2N3O2.ClH/c1-3-28-15-4-8-21(2,9-5-15)25-10-6-14(7-11-25)26-19-13-17(23)16(22)12-18(19)24-20(26)27;/h12-15H,3-11H2,1-2H3,(H,24,27);1H/t15-,21-;. The molecule has 1 saturated carbocycles. The van der Waals surface area contributed by atoms with E-state index in [-0.39, 0.29) is 29.7 Å². The third kappa shape index (κ3) is 4.23. The molecule has 2 heterocycles. The number of fused-ring (bicyclic) bond motifs is 1. The van der Waals surface area contributed by atoms with E-state index in [2.05, 4.69) is 16.8 Å². The maximum Gasteiger partial charge on any atom is 0.326 e. The van der Waals surface area contributed by atoms with Crippen molar-refractivity contribution < 1.29 is 13.5 Å². The molecule has 29 heavy (non-hydrogen) atoms. The minimum atomic E-state index is -0.939. The second-order valence-electron chi connectivity index (χ2n) is 8.45. The molecule has 0 unspecified atom stereocenters. The zero-order chi connectivity index (χ0) is 19.9. The predicted molar refractivity (Wildman–Crippen MR) is 112 cm³/mol. The Morgan fingerprint density at radius 1 is 1.14 bits per heavy atom. The zero-order valence-corrected chi connectivity index (χ0v) is 17.9. The maximum absolute atomic E-state index is 13.7. The molecule has 1 saturated heterocycles. The summed E-state index contributed by atoms with van der Waals surface area (Å²) < 4.78 is 34.6. The van der Waals surface area contributed by atoms with Gasteiger partial charge in [0.2, 0.25) is 0 Å². The first-order chi connectivity index (χ1) is 13.4. The van der Waals surface area contributed by atoms with Gasteiger partial charge in [0.15, 0.2) is 11.6 Å². The lowest BCUT2D eigenvalue weighted by Gasteiger charge is -2.48. The lowest BCUT2D eigenvalue weighted by molar-refractivity contribution is -0.0273. The van der Waals surface area contributed by atoms with E-state index in [1.54, 1.807) is 4.57 Å². The van der Waals surface area contributed by atoms with Crippen LogP contribution < -0.4 is 5.69 Å². The largest absolute Gasteiger partial charge is 0.379 e. The molecule has 0 spiro atoms. The molecule has 1 N–H and O–H groups in total. The summed E-state index contributed by atoms with van der Waals surface area (Å²) >= 11 is 0. The van der Waals surface area contributed by atoms with E-state index in [1.807, 2.05) is 6.92 Å². The monoisotopic (exact) mass is 429 g/mol. The van der Waals surface area contributed by atoms with Crippen molar-refractivity contribution in [2.24, 2.45) is 0 Å². The number of piperidine rings is 1. The van der Waals surface area contributed by atoms with E-state index >= 15 is 0 Å². The Balaban J connectivity index is 0.00000240. The number of nitrogens with zero attached hydrogens (tertiary/aromatic N) is 2. The maximum atomic E-state index is 13.7. The predicted octanol–water partition coefficient (Wildman–Crippen LogP) is 4.40. The molecule has 162 valence electrons. The number of hydrogen-bond acceptors (Lipinski definition) is 3. The van der Waals surface area contributed by atoms with E-state index in [1.165, 1.54) is 0 Å². The van der Waals surface area contributed by atoms with Gasteiger partial charge in [-0.05, 0) is 52.4 Å². The molecule has 2 fully saturated rings. The second kappa shape index (κ2) is 8.74. The molecular formula is C21H30ClF2N3O2. The topological polar surface area (TPSA) is 50.3 Å². The number of nitrogens with one attached hydrogen (secondary N) is 1. The van der Waals surface area contributed by atoms with Gasteiger partial charge in [-0.2, -0.15) is 0 Å².